The minimum atomic E-state index is -0.325. The summed E-state index contributed by atoms with van der Waals surface area (Å²) in [7, 11) is 3.04. The number of rotatable bonds is 10. The van der Waals surface area contributed by atoms with Crippen molar-refractivity contribution in [3.05, 3.63) is 87.9 Å². The van der Waals surface area contributed by atoms with Crippen LogP contribution in [-0.2, 0) is 6.54 Å². The van der Waals surface area contributed by atoms with Crippen molar-refractivity contribution in [2.75, 3.05) is 32.6 Å². The van der Waals surface area contributed by atoms with Gasteiger partial charge in [0.15, 0.2) is 11.5 Å². The van der Waals surface area contributed by atoms with E-state index in [0.717, 1.165) is 0 Å². The number of halogens is 1. The van der Waals surface area contributed by atoms with Crippen molar-refractivity contribution in [3.63, 3.8) is 0 Å². The molecule has 0 saturated carbocycles. The Bertz CT molecular complexity index is 1270. The van der Waals surface area contributed by atoms with Crippen LogP contribution in [0.1, 0.15) is 38.3 Å². The molecule has 3 N–H and O–H groups in total. The number of carbonyl (C=O) groups excluding carboxylic acids is 2. The van der Waals surface area contributed by atoms with Gasteiger partial charge in [-0.1, -0.05) is 11.6 Å². The zero-order valence-electron chi connectivity index (χ0n) is 20.1. The van der Waals surface area contributed by atoms with Gasteiger partial charge in [-0.2, -0.15) is 5.26 Å². The van der Waals surface area contributed by atoms with Crippen LogP contribution in [0.2, 0.25) is 5.02 Å². The lowest BCUT2D eigenvalue weighted by Crippen LogP contribution is -2.32. The summed E-state index contributed by atoms with van der Waals surface area (Å²) in [5, 5.41) is 12.2. The third-order valence-corrected chi connectivity index (χ3v) is 5.86. The largest absolute Gasteiger partial charge is 0.493 e. The van der Waals surface area contributed by atoms with Gasteiger partial charge in [-0.05, 0) is 79.2 Å². The fourth-order valence-corrected chi connectivity index (χ4v) is 3.74. The van der Waals surface area contributed by atoms with Crippen LogP contribution >= 0.6 is 11.6 Å². The van der Waals surface area contributed by atoms with Crippen LogP contribution in [0.15, 0.2) is 60.7 Å². The fraction of sp³-hybridized carbons (Fsp3) is 0.222. The first kappa shape index (κ1) is 26.5. The summed E-state index contributed by atoms with van der Waals surface area (Å²) in [6, 6.07) is 18.4. The normalized spacial score (nSPS) is 10.3. The average molecular weight is 507 g/mol. The molecule has 2 amide bonds. The summed E-state index contributed by atoms with van der Waals surface area (Å²) in [4.78, 5) is 27.7. The number of nitrogens with two attached hydrogens (primary N) is 1. The smallest absolute Gasteiger partial charge is 0.255 e. The van der Waals surface area contributed by atoms with Crippen molar-refractivity contribution in [2.45, 2.75) is 13.0 Å². The van der Waals surface area contributed by atoms with Gasteiger partial charge in [0.2, 0.25) is 0 Å². The molecule has 0 spiro atoms. The summed E-state index contributed by atoms with van der Waals surface area (Å²) in [5.41, 5.74) is 8.23. The molecule has 0 heterocycles. The van der Waals surface area contributed by atoms with Gasteiger partial charge in [-0.15, -0.1) is 0 Å². The number of methoxy groups -OCH3 is 2. The van der Waals surface area contributed by atoms with E-state index in [2.05, 4.69) is 5.32 Å². The second-order valence-electron chi connectivity index (χ2n) is 7.89. The molecule has 3 aromatic carbocycles. The molecule has 0 radical (unpaired) electrons. The standard InChI is InChI=1S/C27H27ClN4O4/c1-35-24-11-8-20(15-25(24)36-2)27(34)32(13-3-12-29)17-21-14-22(9-10-23(21)28)31-26(33)19-6-4-18(16-30)5-7-19/h4-11,14-15H,3,12-13,17,29H2,1-2H3,(H,31,33). The van der Waals surface area contributed by atoms with Gasteiger partial charge in [0.05, 0.1) is 25.9 Å². The van der Waals surface area contributed by atoms with E-state index >= 15 is 0 Å². The van der Waals surface area contributed by atoms with Gasteiger partial charge in [-0.25, -0.2) is 0 Å². The molecule has 0 bridgehead atoms. The van der Waals surface area contributed by atoms with Crippen molar-refractivity contribution in [3.8, 4) is 17.6 Å². The number of carbonyl (C=O) groups is 2. The summed E-state index contributed by atoms with van der Waals surface area (Å²) < 4.78 is 10.6. The fourth-order valence-electron chi connectivity index (χ4n) is 3.57. The van der Waals surface area contributed by atoms with Crippen LogP contribution in [0.25, 0.3) is 0 Å². The molecule has 0 unspecified atom stereocenters. The summed E-state index contributed by atoms with van der Waals surface area (Å²) >= 11 is 6.46. The number of hydrogen-bond donors (Lipinski definition) is 2. The first-order valence-corrected chi connectivity index (χ1v) is 11.6. The van der Waals surface area contributed by atoms with Crippen molar-refractivity contribution in [2.24, 2.45) is 5.73 Å². The number of amides is 2. The molecule has 9 heteroatoms. The zero-order valence-corrected chi connectivity index (χ0v) is 20.8. The molecule has 3 aromatic rings. The lowest BCUT2D eigenvalue weighted by atomic mass is 10.1. The van der Waals surface area contributed by atoms with E-state index in [9.17, 15) is 9.59 Å². The van der Waals surface area contributed by atoms with Crippen LogP contribution in [0, 0.1) is 11.3 Å². The van der Waals surface area contributed by atoms with Crippen molar-refractivity contribution in [1.29, 1.82) is 5.26 Å². The van der Waals surface area contributed by atoms with Gasteiger partial charge in [-0.3, -0.25) is 9.59 Å². The number of nitrogens with one attached hydrogen (secondary N) is 1. The maximum atomic E-state index is 13.4. The number of benzene rings is 3. The highest BCUT2D eigenvalue weighted by Gasteiger charge is 2.19. The lowest BCUT2D eigenvalue weighted by molar-refractivity contribution is 0.0741. The van der Waals surface area contributed by atoms with Crippen LogP contribution in [0.3, 0.4) is 0 Å². The quantitative estimate of drug-likeness (QED) is 0.419. The van der Waals surface area contributed by atoms with Gasteiger partial charge < -0.3 is 25.4 Å². The average Bonchev–Trinajstić information content (AvgIpc) is 2.91. The number of ether oxygens (including phenoxy) is 2. The number of nitriles is 1. The van der Waals surface area contributed by atoms with E-state index in [0.29, 0.717) is 64.0 Å². The summed E-state index contributed by atoms with van der Waals surface area (Å²) in [6.07, 6.45) is 0.603. The summed E-state index contributed by atoms with van der Waals surface area (Å²) in [5.74, 6) is 0.436. The van der Waals surface area contributed by atoms with E-state index in [-0.39, 0.29) is 18.4 Å². The first-order valence-electron chi connectivity index (χ1n) is 11.2. The Morgan fingerprint density at radius 2 is 1.69 bits per heavy atom. The van der Waals surface area contributed by atoms with E-state index in [4.69, 9.17) is 32.1 Å². The van der Waals surface area contributed by atoms with Crippen LogP contribution < -0.4 is 20.5 Å². The van der Waals surface area contributed by atoms with E-state index in [1.54, 1.807) is 65.6 Å². The second kappa shape index (κ2) is 12.6. The van der Waals surface area contributed by atoms with Crippen LogP contribution in [-0.4, -0.2) is 44.0 Å². The van der Waals surface area contributed by atoms with Crippen molar-refractivity contribution < 1.29 is 19.1 Å². The molecule has 0 saturated heterocycles. The molecule has 36 heavy (non-hydrogen) atoms. The first-order chi connectivity index (χ1) is 17.4. The molecule has 0 atom stereocenters. The molecular weight excluding hydrogens is 480 g/mol. The Balaban J connectivity index is 1.82. The Morgan fingerprint density at radius 1 is 1.00 bits per heavy atom. The predicted molar refractivity (Wildman–Crippen MR) is 139 cm³/mol. The van der Waals surface area contributed by atoms with E-state index < -0.39 is 0 Å². The molecule has 0 fully saturated rings. The lowest BCUT2D eigenvalue weighted by Gasteiger charge is -2.24. The molecule has 0 aliphatic carbocycles. The highest BCUT2D eigenvalue weighted by molar-refractivity contribution is 6.31. The Hall–Kier alpha value is -4.06. The Labute approximate surface area is 215 Å². The highest BCUT2D eigenvalue weighted by atomic mass is 35.5. The Morgan fingerprint density at radius 3 is 2.33 bits per heavy atom. The second-order valence-corrected chi connectivity index (χ2v) is 8.30. The molecular formula is C27H27ClN4O4. The van der Waals surface area contributed by atoms with E-state index in [1.165, 1.54) is 14.2 Å². The number of hydrogen-bond acceptors (Lipinski definition) is 6. The zero-order chi connectivity index (χ0) is 26.1. The minimum absolute atomic E-state index is 0.215. The number of nitrogens with zero attached hydrogens (tertiary/aromatic N) is 2. The maximum absolute atomic E-state index is 13.4. The molecule has 186 valence electrons. The minimum Gasteiger partial charge on any atom is -0.493 e. The molecule has 8 nitrogen and oxygen atoms in total. The van der Waals surface area contributed by atoms with Gasteiger partial charge >= 0.3 is 0 Å². The van der Waals surface area contributed by atoms with Crippen molar-refractivity contribution in [1.82, 2.24) is 4.90 Å². The highest BCUT2D eigenvalue weighted by Crippen LogP contribution is 2.29. The Kier molecular flexibility index (Phi) is 9.28. The molecule has 0 aliphatic heterocycles. The third kappa shape index (κ3) is 6.54. The van der Waals surface area contributed by atoms with E-state index in [1.807, 2.05) is 6.07 Å². The maximum Gasteiger partial charge on any atom is 0.255 e. The van der Waals surface area contributed by atoms with Gasteiger partial charge in [0, 0.05) is 34.9 Å². The molecule has 3 rings (SSSR count). The predicted octanol–water partition coefficient (Wildman–Crippen LogP) is 4.47. The van der Waals surface area contributed by atoms with Crippen molar-refractivity contribution >= 4 is 29.1 Å². The molecule has 0 aliphatic rings. The van der Waals surface area contributed by atoms with Crippen LogP contribution in [0.5, 0.6) is 11.5 Å². The topological polar surface area (TPSA) is 118 Å². The number of anilines is 1. The third-order valence-electron chi connectivity index (χ3n) is 5.49. The van der Waals surface area contributed by atoms with Gasteiger partial charge in [0.1, 0.15) is 0 Å². The summed E-state index contributed by atoms with van der Waals surface area (Å²) in [6.45, 7) is 1.05. The monoisotopic (exact) mass is 506 g/mol. The molecule has 0 aromatic heterocycles. The van der Waals surface area contributed by atoms with Crippen LogP contribution in [0.4, 0.5) is 5.69 Å². The SMILES string of the molecule is COc1ccc(C(=O)N(CCCN)Cc2cc(NC(=O)c3ccc(C#N)cc3)ccc2Cl)cc1OC. The van der Waals surface area contributed by atoms with Gasteiger partial charge in [0.25, 0.3) is 11.8 Å².